The Morgan fingerprint density at radius 1 is 1.50 bits per heavy atom. The number of carbonyl (C=O) groups excluding carboxylic acids is 1. The van der Waals surface area contributed by atoms with Crippen molar-refractivity contribution in [1.29, 1.82) is 0 Å². The summed E-state index contributed by atoms with van der Waals surface area (Å²) >= 11 is 5.27. The SMILES string of the molecule is CCCCC[I-]CC(=O)Cl. The van der Waals surface area contributed by atoms with Crippen LogP contribution in [0, 0.1) is 0 Å². The maximum absolute atomic E-state index is 10.3. The Hall–Kier alpha value is 0.690. The molecule has 0 rings (SSSR count). The standard InChI is InChI=1S/C7H13ClIO/c1-2-3-4-5-9-6-7(8)10/h2-6H2,1H3/q-1. The quantitative estimate of drug-likeness (QED) is 0.264. The van der Waals surface area contributed by atoms with Crippen LogP contribution in [0.4, 0.5) is 0 Å². The molecule has 0 aromatic heterocycles. The molecule has 0 unspecified atom stereocenters. The molecule has 0 amide bonds. The van der Waals surface area contributed by atoms with Crippen LogP contribution in [0.15, 0.2) is 0 Å². The fourth-order valence-electron chi connectivity index (χ4n) is 0.580. The van der Waals surface area contributed by atoms with Crippen molar-refractivity contribution in [2.75, 3.05) is 8.86 Å². The van der Waals surface area contributed by atoms with E-state index in [0.29, 0.717) is 4.43 Å². The van der Waals surface area contributed by atoms with E-state index in [2.05, 4.69) is 6.92 Å². The average molecular weight is 276 g/mol. The summed E-state index contributed by atoms with van der Waals surface area (Å²) in [5.41, 5.74) is 0. The van der Waals surface area contributed by atoms with Crippen LogP contribution < -0.4 is 21.2 Å². The third-order valence-corrected chi connectivity index (χ3v) is 4.41. The van der Waals surface area contributed by atoms with E-state index in [-0.39, 0.29) is 26.4 Å². The second kappa shape index (κ2) is 7.79. The van der Waals surface area contributed by atoms with Gasteiger partial charge in [-0.25, -0.2) is 0 Å². The van der Waals surface area contributed by atoms with E-state index in [1.807, 2.05) is 0 Å². The van der Waals surface area contributed by atoms with Gasteiger partial charge in [0.2, 0.25) is 0 Å². The van der Waals surface area contributed by atoms with E-state index in [1.165, 1.54) is 23.7 Å². The number of hydrogen-bond acceptors (Lipinski definition) is 1. The summed E-state index contributed by atoms with van der Waals surface area (Å²) in [6.07, 6.45) is 3.85. The van der Waals surface area contributed by atoms with Gasteiger partial charge in [-0.1, -0.05) is 0 Å². The zero-order chi connectivity index (χ0) is 7.82. The fourth-order valence-corrected chi connectivity index (χ4v) is 2.94. The van der Waals surface area contributed by atoms with E-state index in [9.17, 15) is 4.79 Å². The second-order valence-electron chi connectivity index (χ2n) is 2.07. The second-order valence-corrected chi connectivity index (χ2v) is 5.42. The Kier molecular flexibility index (Phi) is 8.33. The first-order valence-electron chi connectivity index (χ1n) is 3.49. The molecule has 0 saturated carbocycles. The summed E-state index contributed by atoms with van der Waals surface area (Å²) in [5.74, 6) is 0. The maximum atomic E-state index is 10.3. The van der Waals surface area contributed by atoms with Gasteiger partial charge >= 0.3 is 77.9 Å². The van der Waals surface area contributed by atoms with Gasteiger partial charge in [0.1, 0.15) is 0 Å². The summed E-state index contributed by atoms with van der Waals surface area (Å²) in [6.45, 7) is 2.19. The fraction of sp³-hybridized carbons (Fsp3) is 0.857. The van der Waals surface area contributed by atoms with Gasteiger partial charge in [0, 0.05) is 0 Å². The van der Waals surface area contributed by atoms with Crippen molar-refractivity contribution < 1.29 is 26.0 Å². The summed E-state index contributed by atoms with van der Waals surface area (Å²) in [4.78, 5) is 10.3. The first-order valence-corrected chi connectivity index (χ1v) is 6.92. The van der Waals surface area contributed by atoms with Gasteiger partial charge in [-0.05, 0) is 0 Å². The molecule has 0 fully saturated rings. The molecule has 0 heterocycles. The molecule has 0 atom stereocenters. The minimum absolute atomic E-state index is 0.0905. The molecule has 0 radical (unpaired) electrons. The Morgan fingerprint density at radius 3 is 2.70 bits per heavy atom. The van der Waals surface area contributed by atoms with Crippen molar-refractivity contribution in [3.8, 4) is 0 Å². The Morgan fingerprint density at radius 2 is 2.20 bits per heavy atom. The molecule has 0 aliphatic heterocycles. The zero-order valence-electron chi connectivity index (χ0n) is 6.20. The van der Waals surface area contributed by atoms with Gasteiger partial charge < -0.3 is 0 Å². The number of carbonyl (C=O) groups is 1. The predicted molar refractivity (Wildman–Crippen MR) is 40.1 cm³/mol. The van der Waals surface area contributed by atoms with E-state index >= 15 is 0 Å². The van der Waals surface area contributed by atoms with Crippen LogP contribution in [0.25, 0.3) is 0 Å². The van der Waals surface area contributed by atoms with Crippen LogP contribution in [-0.4, -0.2) is 14.1 Å². The van der Waals surface area contributed by atoms with Crippen LogP contribution in [0.1, 0.15) is 26.2 Å². The molecule has 0 aromatic carbocycles. The molecule has 10 heavy (non-hydrogen) atoms. The zero-order valence-corrected chi connectivity index (χ0v) is 9.11. The molecule has 1 nitrogen and oxygen atoms in total. The molecule has 62 valence electrons. The van der Waals surface area contributed by atoms with E-state index in [4.69, 9.17) is 11.6 Å². The summed E-state index contributed by atoms with van der Waals surface area (Å²) in [5, 5.41) is -0.149. The topological polar surface area (TPSA) is 17.1 Å². The van der Waals surface area contributed by atoms with Gasteiger partial charge in [-0.2, -0.15) is 0 Å². The monoisotopic (exact) mass is 275 g/mol. The van der Waals surface area contributed by atoms with E-state index < -0.39 is 0 Å². The van der Waals surface area contributed by atoms with Crippen LogP contribution in [0.3, 0.4) is 0 Å². The van der Waals surface area contributed by atoms with Crippen molar-refractivity contribution in [2.24, 2.45) is 0 Å². The first-order chi connectivity index (χ1) is 4.77. The number of hydrogen-bond donors (Lipinski definition) is 0. The number of halogens is 2. The molecule has 0 aliphatic rings. The minimum atomic E-state index is -0.149. The van der Waals surface area contributed by atoms with Crippen molar-refractivity contribution in [3.63, 3.8) is 0 Å². The molecular weight excluding hydrogens is 262 g/mol. The third-order valence-electron chi connectivity index (χ3n) is 1.07. The normalized spacial score (nSPS) is 10.2. The van der Waals surface area contributed by atoms with Crippen molar-refractivity contribution in [3.05, 3.63) is 0 Å². The van der Waals surface area contributed by atoms with Crippen LogP contribution in [0.5, 0.6) is 0 Å². The number of unbranched alkanes of at least 4 members (excludes halogenated alkanes) is 2. The molecule has 0 spiro atoms. The van der Waals surface area contributed by atoms with E-state index in [0.717, 1.165) is 0 Å². The van der Waals surface area contributed by atoms with Crippen LogP contribution in [0.2, 0.25) is 0 Å². The summed E-state index contributed by atoms with van der Waals surface area (Å²) < 4.78 is 1.91. The van der Waals surface area contributed by atoms with Gasteiger partial charge in [-0.15, -0.1) is 0 Å². The predicted octanol–water partition coefficient (Wildman–Crippen LogP) is -0.969. The number of alkyl halides is 2. The molecule has 0 aliphatic carbocycles. The van der Waals surface area contributed by atoms with E-state index in [1.54, 1.807) is 0 Å². The molecule has 0 aromatic rings. The van der Waals surface area contributed by atoms with Crippen molar-refractivity contribution >= 4 is 16.8 Å². The Balaban J connectivity index is 2.84. The van der Waals surface area contributed by atoms with Gasteiger partial charge in [0.25, 0.3) is 0 Å². The molecule has 0 bridgehead atoms. The van der Waals surface area contributed by atoms with Crippen molar-refractivity contribution in [1.82, 2.24) is 0 Å². The number of rotatable bonds is 6. The van der Waals surface area contributed by atoms with Crippen molar-refractivity contribution in [2.45, 2.75) is 26.2 Å². The molecule has 3 heteroatoms. The Bertz CT molecular complexity index is 95.6. The molecule has 0 N–H and O–H groups in total. The first kappa shape index (κ1) is 10.7. The molecule has 0 saturated heterocycles. The third kappa shape index (κ3) is 8.69. The van der Waals surface area contributed by atoms with Crippen LogP contribution >= 0.6 is 11.6 Å². The van der Waals surface area contributed by atoms with Gasteiger partial charge in [0.15, 0.2) is 0 Å². The van der Waals surface area contributed by atoms with Gasteiger partial charge in [0.05, 0.1) is 0 Å². The summed E-state index contributed by atoms with van der Waals surface area (Å²) in [7, 11) is 0. The summed E-state index contributed by atoms with van der Waals surface area (Å²) in [6, 6.07) is 0. The average Bonchev–Trinajstić information content (AvgIpc) is 1.87. The Labute approximate surface area is 77.8 Å². The van der Waals surface area contributed by atoms with Gasteiger partial charge in [-0.3, -0.25) is 0 Å². The van der Waals surface area contributed by atoms with Crippen LogP contribution in [-0.2, 0) is 4.79 Å². The molecular formula is C7H13ClIO-.